The second-order valence-corrected chi connectivity index (χ2v) is 4.86. The largest absolute Gasteiger partial charge is 0.374 e. The zero-order valence-corrected chi connectivity index (χ0v) is 10.2. The van der Waals surface area contributed by atoms with Crippen molar-refractivity contribution in [1.82, 2.24) is 0 Å². The van der Waals surface area contributed by atoms with E-state index in [1.165, 1.54) is 19.3 Å². The van der Waals surface area contributed by atoms with Gasteiger partial charge in [-0.3, -0.25) is 0 Å². The van der Waals surface area contributed by atoms with Crippen LogP contribution in [0.15, 0.2) is 18.2 Å². The van der Waals surface area contributed by atoms with E-state index in [1.54, 1.807) is 6.07 Å². The zero-order chi connectivity index (χ0) is 11.5. The van der Waals surface area contributed by atoms with E-state index in [1.807, 2.05) is 12.1 Å². The maximum absolute atomic E-state index is 8.79. The maximum atomic E-state index is 8.79. The van der Waals surface area contributed by atoms with Crippen LogP contribution in [-0.2, 0) is 0 Å². The van der Waals surface area contributed by atoms with Crippen molar-refractivity contribution in [2.45, 2.75) is 19.3 Å². The topological polar surface area (TPSA) is 27.0 Å². The van der Waals surface area contributed by atoms with E-state index < -0.39 is 0 Å². The molecule has 1 saturated carbocycles. The van der Waals surface area contributed by atoms with Crippen LogP contribution < -0.4 is 4.90 Å². The molecule has 0 unspecified atom stereocenters. The summed E-state index contributed by atoms with van der Waals surface area (Å²) in [7, 11) is 2.08. The molecule has 0 radical (unpaired) electrons. The van der Waals surface area contributed by atoms with Crippen molar-refractivity contribution in [3.8, 4) is 6.07 Å². The SMILES string of the molecule is CN(CC1CCC1)c1ccc(C#N)c(Cl)c1. The number of nitriles is 1. The fourth-order valence-electron chi connectivity index (χ4n) is 2.00. The molecule has 0 atom stereocenters. The minimum Gasteiger partial charge on any atom is -0.374 e. The van der Waals surface area contributed by atoms with Crippen LogP contribution in [0.4, 0.5) is 5.69 Å². The number of hydrogen-bond donors (Lipinski definition) is 0. The Morgan fingerprint density at radius 2 is 2.25 bits per heavy atom. The summed E-state index contributed by atoms with van der Waals surface area (Å²) in [5.41, 5.74) is 1.64. The second kappa shape index (κ2) is 4.76. The van der Waals surface area contributed by atoms with Crippen LogP contribution in [0.5, 0.6) is 0 Å². The third-order valence-electron chi connectivity index (χ3n) is 3.27. The molecule has 0 bridgehead atoms. The van der Waals surface area contributed by atoms with Crippen molar-refractivity contribution in [2.75, 3.05) is 18.5 Å². The molecule has 16 heavy (non-hydrogen) atoms. The first-order chi connectivity index (χ1) is 7.70. The molecule has 2 nitrogen and oxygen atoms in total. The lowest BCUT2D eigenvalue weighted by Crippen LogP contribution is -2.29. The molecule has 0 saturated heterocycles. The molecule has 1 aliphatic rings. The van der Waals surface area contributed by atoms with Crippen LogP contribution in [-0.4, -0.2) is 13.6 Å². The van der Waals surface area contributed by atoms with Gasteiger partial charge < -0.3 is 4.90 Å². The van der Waals surface area contributed by atoms with Gasteiger partial charge in [0.15, 0.2) is 0 Å². The van der Waals surface area contributed by atoms with E-state index in [-0.39, 0.29) is 0 Å². The average Bonchev–Trinajstić information content (AvgIpc) is 2.23. The van der Waals surface area contributed by atoms with Crippen LogP contribution in [0, 0.1) is 17.2 Å². The van der Waals surface area contributed by atoms with Crippen molar-refractivity contribution in [1.29, 1.82) is 5.26 Å². The Balaban J connectivity index is 2.08. The molecule has 0 heterocycles. The van der Waals surface area contributed by atoms with E-state index in [0.29, 0.717) is 10.6 Å². The molecule has 0 N–H and O–H groups in total. The van der Waals surface area contributed by atoms with Gasteiger partial charge in [-0.2, -0.15) is 5.26 Å². The summed E-state index contributed by atoms with van der Waals surface area (Å²) in [6.07, 6.45) is 4.05. The van der Waals surface area contributed by atoms with Gasteiger partial charge in [0.1, 0.15) is 6.07 Å². The minimum absolute atomic E-state index is 0.542. The molecule has 0 amide bonds. The number of halogens is 1. The summed E-state index contributed by atoms with van der Waals surface area (Å²) < 4.78 is 0. The van der Waals surface area contributed by atoms with Crippen molar-refractivity contribution in [2.24, 2.45) is 5.92 Å². The van der Waals surface area contributed by atoms with E-state index in [4.69, 9.17) is 16.9 Å². The van der Waals surface area contributed by atoms with Gasteiger partial charge in [0.25, 0.3) is 0 Å². The van der Waals surface area contributed by atoms with Crippen LogP contribution in [0.25, 0.3) is 0 Å². The summed E-state index contributed by atoms with van der Waals surface area (Å²) >= 11 is 6.01. The first-order valence-electron chi connectivity index (χ1n) is 5.61. The van der Waals surface area contributed by atoms with E-state index >= 15 is 0 Å². The highest BCUT2D eigenvalue weighted by atomic mass is 35.5. The molecule has 1 aliphatic carbocycles. The number of nitrogens with zero attached hydrogens (tertiary/aromatic N) is 2. The Morgan fingerprint density at radius 3 is 2.75 bits per heavy atom. The Kier molecular flexibility index (Phi) is 3.36. The van der Waals surface area contributed by atoms with Crippen molar-refractivity contribution >= 4 is 17.3 Å². The molecule has 3 heteroatoms. The molecule has 0 aromatic heterocycles. The summed E-state index contributed by atoms with van der Waals surface area (Å²) in [4.78, 5) is 2.22. The molecule has 0 aliphatic heterocycles. The van der Waals surface area contributed by atoms with E-state index in [2.05, 4.69) is 18.0 Å². The van der Waals surface area contributed by atoms with Gasteiger partial charge in [0.05, 0.1) is 10.6 Å². The van der Waals surface area contributed by atoms with Crippen molar-refractivity contribution < 1.29 is 0 Å². The molecule has 1 aromatic rings. The molecule has 1 aromatic carbocycles. The lowest BCUT2D eigenvalue weighted by molar-refractivity contribution is 0.321. The Labute approximate surface area is 101 Å². The number of benzene rings is 1. The molecule has 2 rings (SSSR count). The van der Waals surface area contributed by atoms with Crippen molar-refractivity contribution in [3.63, 3.8) is 0 Å². The Morgan fingerprint density at radius 1 is 1.50 bits per heavy atom. The Bertz CT molecular complexity index is 418. The highest BCUT2D eigenvalue weighted by Gasteiger charge is 2.19. The number of anilines is 1. The second-order valence-electron chi connectivity index (χ2n) is 4.45. The lowest BCUT2D eigenvalue weighted by atomic mass is 9.85. The van der Waals surface area contributed by atoms with E-state index in [0.717, 1.165) is 18.2 Å². The quantitative estimate of drug-likeness (QED) is 0.801. The highest BCUT2D eigenvalue weighted by molar-refractivity contribution is 6.32. The fraction of sp³-hybridized carbons (Fsp3) is 0.462. The van der Waals surface area contributed by atoms with Gasteiger partial charge in [-0.1, -0.05) is 18.0 Å². The van der Waals surface area contributed by atoms with E-state index in [9.17, 15) is 0 Å². The van der Waals surface area contributed by atoms with Gasteiger partial charge in [0, 0.05) is 19.3 Å². The van der Waals surface area contributed by atoms with Crippen LogP contribution in [0.3, 0.4) is 0 Å². The maximum Gasteiger partial charge on any atom is 0.101 e. The van der Waals surface area contributed by atoms with Gasteiger partial charge in [-0.25, -0.2) is 0 Å². The van der Waals surface area contributed by atoms with Crippen LogP contribution in [0.1, 0.15) is 24.8 Å². The standard InChI is InChI=1S/C13H15ClN2/c1-16(9-10-3-2-4-10)12-6-5-11(8-15)13(14)7-12/h5-7,10H,2-4,9H2,1H3. The first kappa shape index (κ1) is 11.3. The average molecular weight is 235 g/mol. The van der Waals surface area contributed by atoms with Crippen LogP contribution in [0.2, 0.25) is 5.02 Å². The monoisotopic (exact) mass is 234 g/mol. The van der Waals surface area contributed by atoms with Gasteiger partial charge in [-0.15, -0.1) is 0 Å². The summed E-state index contributed by atoms with van der Waals surface area (Å²) in [6.45, 7) is 1.09. The third kappa shape index (κ3) is 2.31. The zero-order valence-electron chi connectivity index (χ0n) is 9.41. The lowest BCUT2D eigenvalue weighted by Gasteiger charge is -2.31. The molecule has 84 valence electrons. The van der Waals surface area contributed by atoms with Gasteiger partial charge in [0.2, 0.25) is 0 Å². The summed E-state index contributed by atoms with van der Waals surface area (Å²) in [5.74, 6) is 0.833. The third-order valence-corrected chi connectivity index (χ3v) is 3.58. The van der Waals surface area contributed by atoms with Crippen molar-refractivity contribution in [3.05, 3.63) is 28.8 Å². The molecular weight excluding hydrogens is 220 g/mol. The number of hydrogen-bond acceptors (Lipinski definition) is 2. The molecule has 1 fully saturated rings. The van der Waals surface area contributed by atoms with Gasteiger partial charge >= 0.3 is 0 Å². The number of rotatable bonds is 3. The predicted octanol–water partition coefficient (Wildman–Crippen LogP) is 3.45. The molecular formula is C13H15ClN2. The summed E-state index contributed by atoms with van der Waals surface area (Å²) in [6, 6.07) is 7.70. The normalized spacial score (nSPS) is 15.3. The predicted molar refractivity (Wildman–Crippen MR) is 66.8 cm³/mol. The minimum atomic E-state index is 0.542. The summed E-state index contributed by atoms with van der Waals surface area (Å²) in [5, 5.41) is 9.33. The van der Waals surface area contributed by atoms with Crippen LogP contribution >= 0.6 is 11.6 Å². The molecule has 0 spiro atoms. The Hall–Kier alpha value is -1.20. The first-order valence-corrected chi connectivity index (χ1v) is 5.99. The fourth-order valence-corrected chi connectivity index (χ4v) is 2.22. The smallest absolute Gasteiger partial charge is 0.101 e. The highest BCUT2D eigenvalue weighted by Crippen LogP contribution is 2.29. The van der Waals surface area contributed by atoms with Gasteiger partial charge in [-0.05, 0) is 37.0 Å².